The Kier molecular flexibility index (Phi) is 6.41. The van der Waals surface area contributed by atoms with E-state index in [0.717, 1.165) is 36.1 Å². The van der Waals surface area contributed by atoms with Crippen LogP contribution in [0.3, 0.4) is 0 Å². The first kappa shape index (κ1) is 18.5. The molecule has 0 saturated heterocycles. The zero-order valence-corrected chi connectivity index (χ0v) is 13.8. The molecular formula is C15H21Cl2N5. The predicted octanol–water partition coefficient (Wildman–Crippen LogP) is 2.53. The minimum Gasteiger partial charge on any atom is -0.383 e. The Hall–Kier alpha value is -1.56. The standard InChI is InChI=1S/C15H19N5.2ClH/c16-8-7-10-6-5-9-3-1-2-4-11(9)13-12(10)14(17)20-15(18)19-13;;/h1-4,10H,5-8,16H2,(H4,17,18,19,20);2*1H. The number of nitrogens with zero attached hydrogens (tertiary/aromatic N) is 2. The predicted molar refractivity (Wildman–Crippen MR) is 95.5 cm³/mol. The third-order valence-corrected chi connectivity index (χ3v) is 3.95. The summed E-state index contributed by atoms with van der Waals surface area (Å²) >= 11 is 0. The zero-order valence-electron chi connectivity index (χ0n) is 12.2. The Bertz CT molecular complexity index is 648. The van der Waals surface area contributed by atoms with Gasteiger partial charge < -0.3 is 17.2 Å². The van der Waals surface area contributed by atoms with Crippen LogP contribution in [-0.2, 0) is 6.42 Å². The smallest absolute Gasteiger partial charge is 0.222 e. The van der Waals surface area contributed by atoms with Crippen molar-refractivity contribution in [1.82, 2.24) is 9.97 Å². The Balaban J connectivity index is 0.00000121. The maximum Gasteiger partial charge on any atom is 0.222 e. The molecule has 1 aromatic carbocycles. The summed E-state index contributed by atoms with van der Waals surface area (Å²) in [6, 6.07) is 8.28. The van der Waals surface area contributed by atoms with Crippen LogP contribution in [0.4, 0.5) is 11.8 Å². The van der Waals surface area contributed by atoms with Gasteiger partial charge in [-0.25, -0.2) is 4.98 Å². The molecule has 1 aliphatic carbocycles. The summed E-state index contributed by atoms with van der Waals surface area (Å²) in [5, 5.41) is 0. The minimum atomic E-state index is 0. The van der Waals surface area contributed by atoms with Crippen LogP contribution in [0, 0.1) is 0 Å². The lowest BCUT2D eigenvalue weighted by atomic mass is 9.91. The maximum atomic E-state index is 6.12. The molecule has 120 valence electrons. The highest BCUT2D eigenvalue weighted by atomic mass is 35.5. The van der Waals surface area contributed by atoms with Gasteiger partial charge in [0.05, 0.1) is 5.69 Å². The average Bonchev–Trinajstić information content (AvgIpc) is 2.58. The lowest BCUT2D eigenvalue weighted by molar-refractivity contribution is 0.589. The highest BCUT2D eigenvalue weighted by Gasteiger charge is 2.26. The van der Waals surface area contributed by atoms with Crippen molar-refractivity contribution < 1.29 is 0 Å². The molecule has 1 heterocycles. The fourth-order valence-electron chi connectivity index (χ4n) is 3.05. The SMILES string of the molecule is Cl.Cl.NCCC1CCc2ccccc2-c2nc(N)nc(N)c21. The van der Waals surface area contributed by atoms with Crippen LogP contribution in [-0.4, -0.2) is 16.5 Å². The Morgan fingerprint density at radius 2 is 1.82 bits per heavy atom. The number of hydrogen-bond acceptors (Lipinski definition) is 5. The maximum absolute atomic E-state index is 6.12. The van der Waals surface area contributed by atoms with Gasteiger partial charge in [0, 0.05) is 11.1 Å². The molecule has 1 aromatic heterocycles. The van der Waals surface area contributed by atoms with Gasteiger partial charge in [0.25, 0.3) is 0 Å². The van der Waals surface area contributed by atoms with Crippen LogP contribution in [0.1, 0.15) is 29.9 Å². The van der Waals surface area contributed by atoms with Crippen LogP contribution in [0.2, 0.25) is 0 Å². The Morgan fingerprint density at radius 3 is 2.55 bits per heavy atom. The van der Waals surface area contributed by atoms with E-state index in [4.69, 9.17) is 17.2 Å². The number of aryl methyl sites for hydroxylation is 1. The van der Waals surface area contributed by atoms with Crippen molar-refractivity contribution in [3.63, 3.8) is 0 Å². The number of halogens is 2. The number of rotatable bonds is 2. The van der Waals surface area contributed by atoms with E-state index in [1.165, 1.54) is 5.56 Å². The second kappa shape index (κ2) is 7.63. The van der Waals surface area contributed by atoms with E-state index < -0.39 is 0 Å². The summed E-state index contributed by atoms with van der Waals surface area (Å²) in [5.74, 6) is 1.01. The fraction of sp³-hybridized carbons (Fsp3) is 0.333. The quantitative estimate of drug-likeness (QED) is 0.778. The van der Waals surface area contributed by atoms with Crippen LogP contribution >= 0.6 is 24.8 Å². The summed E-state index contributed by atoms with van der Waals surface area (Å²) in [6.07, 6.45) is 2.90. The Labute approximate surface area is 142 Å². The highest BCUT2D eigenvalue weighted by Crippen LogP contribution is 2.40. The number of fused-ring (bicyclic) bond motifs is 3. The van der Waals surface area contributed by atoms with Crippen molar-refractivity contribution in [3.8, 4) is 11.3 Å². The first-order valence-electron chi connectivity index (χ1n) is 6.92. The summed E-state index contributed by atoms with van der Waals surface area (Å²) in [4.78, 5) is 8.59. The molecule has 1 atom stereocenters. The first-order valence-corrected chi connectivity index (χ1v) is 6.92. The van der Waals surface area contributed by atoms with E-state index in [9.17, 15) is 0 Å². The number of benzene rings is 1. The molecule has 0 amide bonds. The number of anilines is 2. The molecule has 0 bridgehead atoms. The van der Waals surface area contributed by atoms with Crippen LogP contribution in [0.25, 0.3) is 11.3 Å². The van der Waals surface area contributed by atoms with Gasteiger partial charge in [-0.05, 0) is 37.3 Å². The molecular weight excluding hydrogens is 321 g/mol. The van der Waals surface area contributed by atoms with Crippen molar-refractivity contribution in [1.29, 1.82) is 0 Å². The molecule has 5 nitrogen and oxygen atoms in total. The van der Waals surface area contributed by atoms with Crippen molar-refractivity contribution in [3.05, 3.63) is 35.4 Å². The third-order valence-electron chi connectivity index (χ3n) is 3.95. The van der Waals surface area contributed by atoms with Gasteiger partial charge in [0.2, 0.25) is 5.95 Å². The minimum absolute atomic E-state index is 0. The fourth-order valence-corrected chi connectivity index (χ4v) is 3.05. The van der Waals surface area contributed by atoms with Crippen molar-refractivity contribution in [2.75, 3.05) is 18.0 Å². The average molecular weight is 342 g/mol. The number of hydrogen-bond donors (Lipinski definition) is 3. The lowest BCUT2D eigenvalue weighted by Crippen LogP contribution is -2.13. The molecule has 1 aliphatic rings. The van der Waals surface area contributed by atoms with Gasteiger partial charge in [0.15, 0.2) is 0 Å². The van der Waals surface area contributed by atoms with E-state index in [1.807, 2.05) is 6.07 Å². The first-order chi connectivity index (χ1) is 9.70. The summed E-state index contributed by atoms with van der Waals surface area (Å²) in [6.45, 7) is 0.629. The van der Waals surface area contributed by atoms with E-state index in [2.05, 4.69) is 28.2 Å². The van der Waals surface area contributed by atoms with E-state index in [1.54, 1.807) is 0 Å². The zero-order chi connectivity index (χ0) is 14.1. The van der Waals surface area contributed by atoms with Crippen molar-refractivity contribution >= 4 is 36.6 Å². The van der Waals surface area contributed by atoms with E-state index >= 15 is 0 Å². The summed E-state index contributed by atoms with van der Waals surface area (Å²) in [7, 11) is 0. The molecule has 0 spiro atoms. The van der Waals surface area contributed by atoms with Crippen LogP contribution in [0.5, 0.6) is 0 Å². The van der Waals surface area contributed by atoms with Crippen molar-refractivity contribution in [2.45, 2.75) is 25.2 Å². The summed E-state index contributed by atoms with van der Waals surface area (Å²) < 4.78 is 0. The number of nitrogens with two attached hydrogens (primary N) is 3. The molecule has 6 N–H and O–H groups in total. The number of nitrogen functional groups attached to an aromatic ring is 2. The lowest BCUT2D eigenvalue weighted by Gasteiger charge is -2.18. The largest absolute Gasteiger partial charge is 0.383 e. The van der Waals surface area contributed by atoms with Gasteiger partial charge >= 0.3 is 0 Å². The monoisotopic (exact) mass is 341 g/mol. The molecule has 7 heteroatoms. The normalized spacial score (nSPS) is 15.6. The van der Waals surface area contributed by atoms with Gasteiger partial charge in [-0.3, -0.25) is 0 Å². The van der Waals surface area contributed by atoms with E-state index in [0.29, 0.717) is 18.3 Å². The van der Waals surface area contributed by atoms with E-state index in [-0.39, 0.29) is 30.8 Å². The molecule has 0 aliphatic heterocycles. The molecule has 0 radical (unpaired) electrons. The highest BCUT2D eigenvalue weighted by molar-refractivity contribution is 5.85. The molecule has 0 saturated carbocycles. The van der Waals surface area contributed by atoms with Crippen LogP contribution in [0.15, 0.2) is 24.3 Å². The molecule has 0 fully saturated rings. The summed E-state index contributed by atoms with van der Waals surface area (Å²) in [5.41, 5.74) is 21.9. The molecule has 1 unspecified atom stereocenters. The second-order valence-electron chi connectivity index (χ2n) is 5.20. The topological polar surface area (TPSA) is 104 Å². The van der Waals surface area contributed by atoms with Crippen LogP contribution < -0.4 is 17.2 Å². The molecule has 2 aromatic rings. The van der Waals surface area contributed by atoms with Gasteiger partial charge in [-0.15, -0.1) is 24.8 Å². The molecule has 22 heavy (non-hydrogen) atoms. The third kappa shape index (κ3) is 3.27. The van der Waals surface area contributed by atoms with Gasteiger partial charge in [0.1, 0.15) is 5.82 Å². The second-order valence-corrected chi connectivity index (χ2v) is 5.20. The van der Waals surface area contributed by atoms with Gasteiger partial charge in [-0.1, -0.05) is 24.3 Å². The van der Waals surface area contributed by atoms with Crippen molar-refractivity contribution in [2.24, 2.45) is 5.73 Å². The Morgan fingerprint density at radius 1 is 1.09 bits per heavy atom. The molecule has 3 rings (SSSR count). The van der Waals surface area contributed by atoms with Gasteiger partial charge in [-0.2, -0.15) is 4.98 Å². The number of aromatic nitrogens is 2.